The summed E-state index contributed by atoms with van der Waals surface area (Å²) in [4.78, 5) is 13.0. The van der Waals surface area contributed by atoms with Gasteiger partial charge in [-0.3, -0.25) is 9.10 Å². The van der Waals surface area contributed by atoms with Crippen LogP contribution in [0.2, 0.25) is 0 Å². The lowest BCUT2D eigenvalue weighted by molar-refractivity contribution is -0.121. The Kier molecular flexibility index (Phi) is 9.02. The highest BCUT2D eigenvalue weighted by Gasteiger charge is 2.29. The molecule has 1 amide bonds. The Balaban J connectivity index is 1.55. The lowest BCUT2D eigenvalue weighted by atomic mass is 10.1. The van der Waals surface area contributed by atoms with Gasteiger partial charge < -0.3 is 10.1 Å². The van der Waals surface area contributed by atoms with E-state index in [1.54, 1.807) is 24.3 Å². The van der Waals surface area contributed by atoms with E-state index in [1.165, 1.54) is 23.4 Å². The van der Waals surface area contributed by atoms with Gasteiger partial charge in [-0.1, -0.05) is 12.5 Å². The number of amides is 1. The molecule has 0 unspecified atom stereocenters. The van der Waals surface area contributed by atoms with Crippen molar-refractivity contribution in [3.63, 3.8) is 0 Å². The maximum Gasteiger partial charge on any atom is 0.243 e. The van der Waals surface area contributed by atoms with Gasteiger partial charge >= 0.3 is 0 Å². The third-order valence-electron chi connectivity index (χ3n) is 6.28. The monoisotopic (exact) mass is 537 g/mol. The smallest absolute Gasteiger partial charge is 0.243 e. The molecule has 0 spiro atoms. The summed E-state index contributed by atoms with van der Waals surface area (Å²) >= 11 is 0. The Hall–Kier alpha value is -2.63. The second-order valence-electron chi connectivity index (χ2n) is 9.08. The summed E-state index contributed by atoms with van der Waals surface area (Å²) in [5, 5.41) is 2.71. The van der Waals surface area contributed by atoms with Gasteiger partial charge in [0.15, 0.2) is 0 Å². The van der Waals surface area contributed by atoms with Gasteiger partial charge in [0.2, 0.25) is 26.0 Å². The van der Waals surface area contributed by atoms with Crippen LogP contribution in [0.25, 0.3) is 0 Å². The normalized spacial score (nSPS) is 15.8. The second kappa shape index (κ2) is 11.6. The van der Waals surface area contributed by atoms with Crippen LogP contribution in [0, 0.1) is 13.8 Å². The molecule has 1 heterocycles. The maximum atomic E-state index is 12.8. The number of nitrogens with one attached hydrogen (secondary N) is 1. The van der Waals surface area contributed by atoms with Gasteiger partial charge in [-0.05, 0) is 81.1 Å². The topological polar surface area (TPSA) is 113 Å². The van der Waals surface area contributed by atoms with Crippen LogP contribution in [0.4, 0.5) is 5.69 Å². The van der Waals surface area contributed by atoms with Crippen molar-refractivity contribution in [3.8, 4) is 5.75 Å². The Bertz CT molecular complexity index is 1270. The highest BCUT2D eigenvalue weighted by atomic mass is 32.2. The van der Waals surface area contributed by atoms with Crippen LogP contribution in [0.3, 0.4) is 0 Å². The van der Waals surface area contributed by atoms with Crippen molar-refractivity contribution in [3.05, 3.63) is 53.6 Å². The highest BCUT2D eigenvalue weighted by Crippen LogP contribution is 2.24. The summed E-state index contributed by atoms with van der Waals surface area (Å²) in [5.74, 6) is 0.0213. The van der Waals surface area contributed by atoms with Gasteiger partial charge in [-0.2, -0.15) is 4.31 Å². The number of rotatable bonds is 10. The quantitative estimate of drug-likeness (QED) is 0.467. The summed E-state index contributed by atoms with van der Waals surface area (Å²) in [7, 11) is -7.21. The number of carbonyl (C=O) groups excluding carboxylic acids is 1. The van der Waals surface area contributed by atoms with Crippen molar-refractivity contribution in [2.45, 2.75) is 51.0 Å². The molecular weight excluding hydrogens is 502 g/mol. The predicted molar refractivity (Wildman–Crippen MR) is 140 cm³/mol. The lowest BCUT2D eigenvalue weighted by Gasteiger charge is -2.28. The number of carbonyl (C=O) groups is 1. The van der Waals surface area contributed by atoms with E-state index >= 15 is 0 Å². The molecule has 9 nitrogen and oxygen atoms in total. The number of hydrogen-bond donors (Lipinski definition) is 1. The van der Waals surface area contributed by atoms with Crippen LogP contribution in [0.5, 0.6) is 5.75 Å². The molecule has 0 bridgehead atoms. The average Bonchev–Trinajstić information content (AvgIpc) is 2.84. The maximum absolute atomic E-state index is 12.8. The fraction of sp³-hybridized carbons (Fsp3) is 0.480. The van der Waals surface area contributed by atoms with E-state index in [0.717, 1.165) is 41.0 Å². The molecule has 3 rings (SSSR count). The van der Waals surface area contributed by atoms with Crippen LogP contribution < -0.4 is 14.4 Å². The number of sulfonamides is 2. The zero-order valence-electron chi connectivity index (χ0n) is 21.2. The summed E-state index contributed by atoms with van der Waals surface area (Å²) in [6.07, 6.45) is 3.87. The first-order valence-corrected chi connectivity index (χ1v) is 15.3. The Morgan fingerprint density at radius 1 is 1.00 bits per heavy atom. The predicted octanol–water partition coefficient (Wildman–Crippen LogP) is 2.83. The van der Waals surface area contributed by atoms with Crippen LogP contribution >= 0.6 is 0 Å². The third kappa shape index (κ3) is 6.77. The zero-order chi connectivity index (χ0) is 26.5. The van der Waals surface area contributed by atoms with Crippen molar-refractivity contribution in [2.75, 3.05) is 36.8 Å². The van der Waals surface area contributed by atoms with Crippen LogP contribution in [0.15, 0.2) is 47.4 Å². The molecule has 0 aliphatic carbocycles. The average molecular weight is 538 g/mol. The molecule has 1 saturated heterocycles. The fourth-order valence-corrected chi connectivity index (χ4v) is 6.81. The van der Waals surface area contributed by atoms with Crippen molar-refractivity contribution < 1.29 is 26.4 Å². The molecule has 1 aliphatic heterocycles. The van der Waals surface area contributed by atoms with E-state index in [0.29, 0.717) is 24.5 Å². The minimum absolute atomic E-state index is 0.138. The number of ether oxygens (including phenoxy) is 1. The van der Waals surface area contributed by atoms with Crippen molar-refractivity contribution in [2.24, 2.45) is 0 Å². The summed E-state index contributed by atoms with van der Waals surface area (Å²) in [5.41, 5.74) is 2.38. The number of nitrogens with zero attached hydrogens (tertiary/aromatic N) is 2. The zero-order valence-corrected chi connectivity index (χ0v) is 22.9. The molecule has 1 atom stereocenters. The SMILES string of the molecule is Cc1ccc(N([C@H](C)C(=O)NCCOc2ccc(S(=O)(=O)N3CCCCC3)cc2)S(C)(=O)=O)cc1C. The Morgan fingerprint density at radius 3 is 2.22 bits per heavy atom. The minimum Gasteiger partial charge on any atom is -0.492 e. The Labute approximate surface area is 214 Å². The molecule has 1 N–H and O–H groups in total. The van der Waals surface area contributed by atoms with Crippen LogP contribution in [0.1, 0.15) is 37.3 Å². The fourth-order valence-electron chi connectivity index (χ4n) is 4.12. The third-order valence-corrected chi connectivity index (χ3v) is 9.43. The van der Waals surface area contributed by atoms with Crippen LogP contribution in [-0.4, -0.2) is 65.6 Å². The molecule has 1 fully saturated rings. The largest absolute Gasteiger partial charge is 0.492 e. The second-order valence-corrected chi connectivity index (χ2v) is 12.9. The molecule has 0 aromatic heterocycles. The van der Waals surface area contributed by atoms with Gasteiger partial charge in [0, 0.05) is 13.1 Å². The molecule has 0 saturated carbocycles. The number of hydrogen-bond acceptors (Lipinski definition) is 6. The van der Waals surface area contributed by atoms with Crippen molar-refractivity contribution >= 4 is 31.6 Å². The minimum atomic E-state index is -3.70. The molecule has 36 heavy (non-hydrogen) atoms. The van der Waals surface area contributed by atoms with E-state index in [-0.39, 0.29) is 18.0 Å². The standard InChI is InChI=1S/C25H35N3O6S2/c1-19-8-9-22(18-20(19)2)28(35(4,30)31)21(3)25(29)26-14-17-34-23-10-12-24(13-11-23)36(32,33)27-15-6-5-7-16-27/h8-13,18,21H,5-7,14-17H2,1-4H3,(H,26,29)/t21-/m1/s1. The van der Waals surface area contributed by atoms with Crippen molar-refractivity contribution in [1.82, 2.24) is 9.62 Å². The molecule has 198 valence electrons. The first-order valence-electron chi connectivity index (χ1n) is 12.0. The van der Waals surface area contributed by atoms with E-state index < -0.39 is 32.0 Å². The highest BCUT2D eigenvalue weighted by molar-refractivity contribution is 7.92. The van der Waals surface area contributed by atoms with Gasteiger partial charge in [-0.15, -0.1) is 0 Å². The van der Waals surface area contributed by atoms with E-state index in [4.69, 9.17) is 4.74 Å². The number of piperidine rings is 1. The molecule has 11 heteroatoms. The molecule has 2 aromatic carbocycles. The van der Waals surface area contributed by atoms with E-state index in [2.05, 4.69) is 5.32 Å². The summed E-state index contributed by atoms with van der Waals surface area (Å²) < 4.78 is 58.7. The molecule has 2 aromatic rings. The van der Waals surface area contributed by atoms with Gasteiger partial charge in [0.1, 0.15) is 18.4 Å². The molecule has 0 radical (unpaired) electrons. The van der Waals surface area contributed by atoms with Crippen molar-refractivity contribution in [1.29, 1.82) is 0 Å². The van der Waals surface area contributed by atoms with Gasteiger partial charge in [0.25, 0.3) is 0 Å². The number of aryl methyl sites for hydroxylation is 2. The molecule has 1 aliphatic rings. The van der Waals surface area contributed by atoms with E-state index in [9.17, 15) is 21.6 Å². The first kappa shape index (κ1) is 27.9. The summed E-state index contributed by atoms with van der Waals surface area (Å²) in [6, 6.07) is 10.5. The number of anilines is 1. The number of benzene rings is 2. The first-order chi connectivity index (χ1) is 16.9. The summed E-state index contributed by atoms with van der Waals surface area (Å²) in [6.45, 7) is 6.73. The lowest BCUT2D eigenvalue weighted by Crippen LogP contribution is -2.48. The van der Waals surface area contributed by atoms with E-state index in [1.807, 2.05) is 19.9 Å². The van der Waals surface area contributed by atoms with Crippen LogP contribution in [-0.2, 0) is 24.8 Å². The Morgan fingerprint density at radius 2 is 1.64 bits per heavy atom. The van der Waals surface area contributed by atoms with Gasteiger partial charge in [-0.25, -0.2) is 16.8 Å². The van der Waals surface area contributed by atoms with Gasteiger partial charge in [0.05, 0.1) is 23.4 Å². The molecular formula is C25H35N3O6S2.